The zero-order chi connectivity index (χ0) is 15.4. The van der Waals surface area contributed by atoms with Crippen LogP contribution in [0.4, 0.5) is 0 Å². The number of halogens is 1. The third-order valence-corrected chi connectivity index (χ3v) is 4.11. The number of furan rings is 1. The molecule has 2 aliphatic heterocycles. The average molecular weight is 434 g/mol. The maximum absolute atomic E-state index is 11.8. The van der Waals surface area contributed by atoms with Crippen LogP contribution in [0, 0.1) is 0 Å². The van der Waals surface area contributed by atoms with Gasteiger partial charge in [0.05, 0.1) is 37.6 Å². The Morgan fingerprint density at radius 1 is 1.39 bits per heavy atom. The fourth-order valence-corrected chi connectivity index (χ4v) is 2.99. The monoisotopic (exact) mass is 434 g/mol. The predicted octanol–water partition coefficient (Wildman–Crippen LogP) is 0.999. The molecule has 3 heterocycles. The SMILES string of the molecule is CN=C(NCC(=O)NCc1ccco1)NC1CC2CCC1O2.I. The summed E-state index contributed by atoms with van der Waals surface area (Å²) >= 11 is 0. The van der Waals surface area contributed by atoms with Gasteiger partial charge in [0.1, 0.15) is 5.76 Å². The van der Waals surface area contributed by atoms with E-state index >= 15 is 0 Å². The van der Waals surface area contributed by atoms with Crippen LogP contribution < -0.4 is 16.0 Å². The Morgan fingerprint density at radius 3 is 2.87 bits per heavy atom. The van der Waals surface area contributed by atoms with Crippen LogP contribution in [0.5, 0.6) is 0 Å². The highest BCUT2D eigenvalue weighted by Gasteiger charge is 2.41. The molecule has 7 nitrogen and oxygen atoms in total. The number of hydrogen-bond acceptors (Lipinski definition) is 4. The first-order chi connectivity index (χ1) is 10.7. The number of nitrogens with zero attached hydrogens (tertiary/aromatic N) is 1. The molecule has 8 heteroatoms. The highest BCUT2D eigenvalue weighted by molar-refractivity contribution is 14.0. The quantitative estimate of drug-likeness (QED) is 0.366. The summed E-state index contributed by atoms with van der Waals surface area (Å²) in [4.78, 5) is 16.0. The molecule has 0 saturated carbocycles. The summed E-state index contributed by atoms with van der Waals surface area (Å²) < 4.78 is 11.0. The number of nitrogens with one attached hydrogen (secondary N) is 3. The van der Waals surface area contributed by atoms with E-state index in [2.05, 4.69) is 20.9 Å². The third-order valence-electron chi connectivity index (χ3n) is 4.11. The van der Waals surface area contributed by atoms with E-state index in [1.165, 1.54) is 0 Å². The Morgan fingerprint density at radius 2 is 2.26 bits per heavy atom. The smallest absolute Gasteiger partial charge is 0.239 e. The second kappa shape index (κ2) is 8.53. The van der Waals surface area contributed by atoms with Gasteiger partial charge in [-0.25, -0.2) is 0 Å². The lowest BCUT2D eigenvalue weighted by Gasteiger charge is -2.22. The predicted molar refractivity (Wildman–Crippen MR) is 96.8 cm³/mol. The number of fused-ring (bicyclic) bond motifs is 2. The fraction of sp³-hybridized carbons (Fsp3) is 0.600. The Balaban J connectivity index is 0.00000192. The van der Waals surface area contributed by atoms with Crippen LogP contribution in [-0.2, 0) is 16.1 Å². The van der Waals surface area contributed by atoms with Crippen molar-refractivity contribution < 1.29 is 13.9 Å². The lowest BCUT2D eigenvalue weighted by molar-refractivity contribution is -0.120. The van der Waals surface area contributed by atoms with Gasteiger partial charge in [0.25, 0.3) is 0 Å². The number of hydrogen-bond donors (Lipinski definition) is 3. The summed E-state index contributed by atoms with van der Waals surface area (Å²) in [6.45, 7) is 0.557. The van der Waals surface area contributed by atoms with Crippen molar-refractivity contribution in [1.29, 1.82) is 0 Å². The number of amides is 1. The first-order valence-corrected chi connectivity index (χ1v) is 7.66. The van der Waals surface area contributed by atoms with Gasteiger partial charge < -0.3 is 25.1 Å². The topological polar surface area (TPSA) is 87.9 Å². The molecule has 2 bridgehead atoms. The molecular weight excluding hydrogens is 411 g/mol. The van der Waals surface area contributed by atoms with Gasteiger partial charge in [-0.2, -0.15) is 0 Å². The van der Waals surface area contributed by atoms with Crippen LogP contribution in [0.15, 0.2) is 27.8 Å². The average Bonchev–Trinajstić information content (AvgIpc) is 3.26. The van der Waals surface area contributed by atoms with Crippen molar-refractivity contribution in [3.8, 4) is 0 Å². The van der Waals surface area contributed by atoms with E-state index in [1.807, 2.05) is 6.07 Å². The molecule has 23 heavy (non-hydrogen) atoms. The zero-order valence-electron chi connectivity index (χ0n) is 13.1. The number of carbonyl (C=O) groups is 1. The van der Waals surface area contributed by atoms with Gasteiger partial charge in [0.15, 0.2) is 5.96 Å². The number of ether oxygens (including phenoxy) is 1. The molecule has 3 atom stereocenters. The summed E-state index contributed by atoms with van der Waals surface area (Å²) in [5, 5.41) is 9.15. The molecule has 0 aromatic carbocycles. The molecule has 1 aromatic rings. The van der Waals surface area contributed by atoms with E-state index in [-0.39, 0.29) is 48.6 Å². The number of carbonyl (C=O) groups excluding carboxylic acids is 1. The first-order valence-electron chi connectivity index (χ1n) is 7.66. The number of rotatable bonds is 5. The van der Waals surface area contributed by atoms with Gasteiger partial charge in [-0.05, 0) is 31.4 Å². The van der Waals surface area contributed by atoms with Crippen molar-refractivity contribution in [3.05, 3.63) is 24.2 Å². The molecule has 128 valence electrons. The minimum absolute atomic E-state index is 0. The van der Waals surface area contributed by atoms with Crippen LogP contribution in [0.1, 0.15) is 25.0 Å². The standard InChI is InChI=1S/C15H22N4O3.HI/c1-16-15(19-12-7-10-4-5-13(12)22-10)18-9-14(20)17-8-11-3-2-6-21-11;/h2-3,6,10,12-13H,4-5,7-9H2,1H3,(H,17,20)(H2,16,18,19);1H. The second-order valence-electron chi connectivity index (χ2n) is 5.64. The highest BCUT2D eigenvalue weighted by atomic mass is 127. The van der Waals surface area contributed by atoms with Crippen LogP contribution in [0.3, 0.4) is 0 Å². The molecule has 3 unspecified atom stereocenters. The Kier molecular flexibility index (Phi) is 6.70. The Labute approximate surface area is 152 Å². The second-order valence-corrected chi connectivity index (χ2v) is 5.64. The van der Waals surface area contributed by atoms with E-state index in [4.69, 9.17) is 9.15 Å². The van der Waals surface area contributed by atoms with E-state index in [1.54, 1.807) is 19.4 Å². The van der Waals surface area contributed by atoms with Crippen LogP contribution in [0.25, 0.3) is 0 Å². The van der Waals surface area contributed by atoms with Crippen molar-refractivity contribution in [2.24, 2.45) is 4.99 Å². The molecule has 1 aromatic heterocycles. The van der Waals surface area contributed by atoms with Crippen LogP contribution in [0.2, 0.25) is 0 Å². The lowest BCUT2D eigenvalue weighted by Crippen LogP contribution is -2.49. The van der Waals surface area contributed by atoms with Crippen LogP contribution >= 0.6 is 24.0 Å². The van der Waals surface area contributed by atoms with Gasteiger partial charge >= 0.3 is 0 Å². The van der Waals surface area contributed by atoms with E-state index in [0.29, 0.717) is 18.6 Å². The molecule has 1 amide bonds. The maximum Gasteiger partial charge on any atom is 0.239 e. The summed E-state index contributed by atoms with van der Waals surface area (Å²) in [6, 6.07) is 3.91. The molecule has 0 spiro atoms. The Bertz CT molecular complexity index is 535. The van der Waals surface area contributed by atoms with Crippen molar-refractivity contribution >= 4 is 35.8 Å². The molecule has 2 aliphatic rings. The van der Waals surface area contributed by atoms with Crippen molar-refractivity contribution in [1.82, 2.24) is 16.0 Å². The molecule has 2 saturated heterocycles. The van der Waals surface area contributed by atoms with E-state index in [9.17, 15) is 4.79 Å². The molecule has 2 fully saturated rings. The fourth-order valence-electron chi connectivity index (χ4n) is 2.99. The van der Waals surface area contributed by atoms with Crippen molar-refractivity contribution in [2.45, 2.75) is 44.1 Å². The van der Waals surface area contributed by atoms with Crippen molar-refractivity contribution in [3.63, 3.8) is 0 Å². The van der Waals surface area contributed by atoms with Gasteiger partial charge in [0.2, 0.25) is 5.91 Å². The van der Waals surface area contributed by atoms with E-state index in [0.717, 1.165) is 25.0 Å². The maximum atomic E-state index is 11.8. The third kappa shape index (κ3) is 4.84. The summed E-state index contributed by atoms with van der Waals surface area (Å²) in [5.41, 5.74) is 0. The summed E-state index contributed by atoms with van der Waals surface area (Å²) in [6.07, 6.45) is 5.51. The van der Waals surface area contributed by atoms with Gasteiger partial charge in [-0.3, -0.25) is 9.79 Å². The van der Waals surface area contributed by atoms with Gasteiger partial charge in [0, 0.05) is 7.05 Å². The minimum atomic E-state index is -0.108. The highest BCUT2D eigenvalue weighted by Crippen LogP contribution is 2.34. The van der Waals surface area contributed by atoms with Gasteiger partial charge in [-0.15, -0.1) is 24.0 Å². The largest absolute Gasteiger partial charge is 0.467 e. The molecule has 0 aliphatic carbocycles. The molecule has 0 radical (unpaired) electrons. The molecule has 3 N–H and O–H groups in total. The molecular formula is C15H23IN4O3. The lowest BCUT2D eigenvalue weighted by atomic mass is 9.96. The van der Waals surface area contributed by atoms with Crippen LogP contribution in [-0.4, -0.2) is 43.7 Å². The van der Waals surface area contributed by atoms with Crippen molar-refractivity contribution in [2.75, 3.05) is 13.6 Å². The molecule has 3 rings (SSSR count). The zero-order valence-corrected chi connectivity index (χ0v) is 15.4. The number of aliphatic imine (C=N–C) groups is 1. The minimum Gasteiger partial charge on any atom is -0.467 e. The Hall–Kier alpha value is -1.29. The number of guanidine groups is 1. The first kappa shape index (κ1) is 18.1. The normalized spacial score (nSPS) is 25.8. The summed E-state index contributed by atoms with van der Waals surface area (Å²) in [5.74, 6) is 1.26. The summed E-state index contributed by atoms with van der Waals surface area (Å²) in [7, 11) is 1.70. The van der Waals surface area contributed by atoms with E-state index < -0.39 is 0 Å². The van der Waals surface area contributed by atoms with Gasteiger partial charge in [-0.1, -0.05) is 0 Å².